The lowest BCUT2D eigenvalue weighted by molar-refractivity contribution is 0.552. The molecule has 0 amide bonds. The molecule has 2 rings (SSSR count). The average molecular weight is 329 g/mol. The fourth-order valence-corrected chi connectivity index (χ4v) is 5.36. The highest BCUT2D eigenvalue weighted by atomic mass is 32.2. The average Bonchev–Trinajstić information content (AvgIpc) is 2.85. The number of nitrogens with two attached hydrogens (primary N) is 1. The second-order valence-corrected chi connectivity index (χ2v) is 8.82. The molecular weight excluding hydrogens is 304 g/mol. The number of sulfonamides is 1. The van der Waals surface area contributed by atoms with E-state index in [2.05, 4.69) is 11.6 Å². The molecule has 0 radical (unpaired) electrons. The Bertz CT molecular complexity index is 561. The summed E-state index contributed by atoms with van der Waals surface area (Å²) in [4.78, 5) is 0. The van der Waals surface area contributed by atoms with E-state index in [0.29, 0.717) is 11.8 Å². The van der Waals surface area contributed by atoms with Gasteiger partial charge < -0.3 is 5.73 Å². The maximum atomic E-state index is 12.3. The van der Waals surface area contributed by atoms with Crippen LogP contribution in [0.15, 0.2) is 24.3 Å². The first-order chi connectivity index (χ1) is 10.0. The van der Waals surface area contributed by atoms with Gasteiger partial charge in [0, 0.05) is 17.8 Å². The van der Waals surface area contributed by atoms with E-state index in [9.17, 15) is 8.42 Å². The van der Waals surface area contributed by atoms with E-state index in [1.165, 1.54) is 0 Å². The first-order valence-corrected chi connectivity index (χ1v) is 10.1. The number of nitrogens with one attached hydrogen (secondary N) is 1. The zero-order chi connectivity index (χ0) is 15.3. The van der Waals surface area contributed by atoms with E-state index in [1.807, 2.05) is 36.0 Å². The van der Waals surface area contributed by atoms with E-state index in [4.69, 9.17) is 5.73 Å². The van der Waals surface area contributed by atoms with Crippen LogP contribution in [-0.4, -0.2) is 25.5 Å². The van der Waals surface area contributed by atoms with Gasteiger partial charge in [-0.3, -0.25) is 0 Å². The van der Waals surface area contributed by atoms with Crippen LogP contribution < -0.4 is 10.5 Å². The lowest BCUT2D eigenvalue weighted by Gasteiger charge is -2.14. The monoisotopic (exact) mass is 328 g/mol. The lowest BCUT2D eigenvalue weighted by atomic mass is 10.1. The van der Waals surface area contributed by atoms with Crippen LogP contribution in [0.1, 0.15) is 37.3 Å². The van der Waals surface area contributed by atoms with Crippen molar-refractivity contribution in [1.82, 2.24) is 4.72 Å². The molecule has 1 saturated carbocycles. The predicted molar refractivity (Wildman–Crippen MR) is 89.7 cm³/mol. The molecule has 0 spiro atoms. The minimum atomic E-state index is -3.28. The van der Waals surface area contributed by atoms with Gasteiger partial charge in [-0.15, -0.1) is 0 Å². The molecule has 2 unspecified atom stereocenters. The molecule has 3 N–H and O–H groups in total. The van der Waals surface area contributed by atoms with Crippen LogP contribution >= 0.6 is 11.8 Å². The summed E-state index contributed by atoms with van der Waals surface area (Å²) in [5, 5.41) is 0.600. The predicted octanol–water partition coefficient (Wildman–Crippen LogP) is 2.24. The number of thioether (sulfide) groups is 1. The summed E-state index contributed by atoms with van der Waals surface area (Å²) < 4.78 is 27.4. The van der Waals surface area contributed by atoms with Gasteiger partial charge in [-0.2, -0.15) is 11.8 Å². The summed E-state index contributed by atoms with van der Waals surface area (Å²) in [5.41, 5.74) is 7.35. The lowest BCUT2D eigenvalue weighted by Crippen LogP contribution is -2.34. The molecule has 2 atom stereocenters. The molecule has 1 aromatic rings. The summed E-state index contributed by atoms with van der Waals surface area (Å²) in [6.07, 6.45) is 2.99. The topological polar surface area (TPSA) is 72.2 Å². The fraction of sp³-hybridized carbons (Fsp3) is 0.600. The van der Waals surface area contributed by atoms with Gasteiger partial charge >= 0.3 is 0 Å². The van der Waals surface area contributed by atoms with Gasteiger partial charge in [-0.05, 0) is 36.1 Å². The first kappa shape index (κ1) is 16.8. The minimum Gasteiger partial charge on any atom is -0.326 e. The van der Waals surface area contributed by atoms with E-state index < -0.39 is 10.0 Å². The highest BCUT2D eigenvalue weighted by Crippen LogP contribution is 2.30. The summed E-state index contributed by atoms with van der Waals surface area (Å²) >= 11 is 1.93. The second-order valence-electron chi connectivity index (χ2n) is 5.49. The zero-order valence-electron chi connectivity index (χ0n) is 12.4. The second kappa shape index (κ2) is 7.63. The van der Waals surface area contributed by atoms with Gasteiger partial charge in [0.1, 0.15) is 0 Å². The molecule has 1 aliphatic rings. The molecule has 0 aliphatic heterocycles. The quantitative estimate of drug-likeness (QED) is 0.805. The Labute approximate surface area is 131 Å². The van der Waals surface area contributed by atoms with Crippen LogP contribution in [-0.2, 0) is 22.3 Å². The normalized spacial score (nSPS) is 22.6. The maximum absolute atomic E-state index is 12.3. The molecule has 21 heavy (non-hydrogen) atoms. The van der Waals surface area contributed by atoms with Crippen LogP contribution in [0.5, 0.6) is 0 Å². The van der Waals surface area contributed by atoms with E-state index in [-0.39, 0.29) is 11.8 Å². The van der Waals surface area contributed by atoms with Gasteiger partial charge in [0.15, 0.2) is 0 Å². The Balaban J connectivity index is 1.93. The molecule has 118 valence electrons. The highest BCUT2D eigenvalue weighted by molar-refractivity contribution is 7.99. The third kappa shape index (κ3) is 5.29. The maximum Gasteiger partial charge on any atom is 0.216 e. The van der Waals surface area contributed by atoms with E-state index >= 15 is 0 Å². The number of hydrogen-bond acceptors (Lipinski definition) is 4. The van der Waals surface area contributed by atoms with Crippen LogP contribution in [0.4, 0.5) is 0 Å². The van der Waals surface area contributed by atoms with Gasteiger partial charge in [0.05, 0.1) is 5.75 Å². The van der Waals surface area contributed by atoms with Crippen molar-refractivity contribution in [3.8, 4) is 0 Å². The molecule has 4 nitrogen and oxygen atoms in total. The summed E-state index contributed by atoms with van der Waals surface area (Å²) in [5.74, 6) is 1.12. The number of rotatable bonds is 7. The third-order valence-corrected chi connectivity index (χ3v) is 6.36. The van der Waals surface area contributed by atoms with Crippen molar-refractivity contribution >= 4 is 21.8 Å². The first-order valence-electron chi connectivity index (χ1n) is 7.42. The molecule has 6 heteroatoms. The van der Waals surface area contributed by atoms with Crippen molar-refractivity contribution in [3.63, 3.8) is 0 Å². The molecular formula is C15H24N2O2S2. The SMILES string of the molecule is CCSC1CCC(NS(=O)(=O)Cc2cccc(CN)c2)C1. The summed E-state index contributed by atoms with van der Waals surface area (Å²) in [6.45, 7) is 2.58. The largest absolute Gasteiger partial charge is 0.326 e. The Morgan fingerprint density at radius 3 is 2.81 bits per heavy atom. The van der Waals surface area contributed by atoms with Crippen LogP contribution in [0.2, 0.25) is 0 Å². The van der Waals surface area contributed by atoms with Crippen LogP contribution in [0, 0.1) is 0 Å². The highest BCUT2D eigenvalue weighted by Gasteiger charge is 2.27. The smallest absolute Gasteiger partial charge is 0.216 e. The van der Waals surface area contributed by atoms with Crippen molar-refractivity contribution in [1.29, 1.82) is 0 Å². The molecule has 0 heterocycles. The van der Waals surface area contributed by atoms with Gasteiger partial charge in [-0.1, -0.05) is 31.2 Å². The fourth-order valence-electron chi connectivity index (χ4n) is 2.80. The summed E-state index contributed by atoms with van der Waals surface area (Å²) in [7, 11) is -3.28. The van der Waals surface area contributed by atoms with Crippen molar-refractivity contribution in [2.75, 3.05) is 5.75 Å². The molecule has 1 aliphatic carbocycles. The van der Waals surface area contributed by atoms with Crippen molar-refractivity contribution < 1.29 is 8.42 Å². The standard InChI is InChI=1S/C15H24N2O2S2/c1-2-20-15-7-6-14(9-15)17-21(18,19)11-13-5-3-4-12(8-13)10-16/h3-5,8,14-15,17H,2,6-7,9-11,16H2,1H3. The molecule has 0 aromatic heterocycles. The Hall–Kier alpha value is -0.560. The Morgan fingerprint density at radius 2 is 2.10 bits per heavy atom. The number of benzene rings is 1. The van der Waals surface area contributed by atoms with Crippen LogP contribution in [0.3, 0.4) is 0 Å². The molecule has 1 fully saturated rings. The Morgan fingerprint density at radius 1 is 1.33 bits per heavy atom. The minimum absolute atomic E-state index is 0.0307. The van der Waals surface area contributed by atoms with Crippen molar-refractivity contribution in [2.45, 2.75) is 49.8 Å². The van der Waals surface area contributed by atoms with Gasteiger partial charge in [0.25, 0.3) is 0 Å². The van der Waals surface area contributed by atoms with Crippen molar-refractivity contribution in [3.05, 3.63) is 35.4 Å². The van der Waals surface area contributed by atoms with E-state index in [0.717, 1.165) is 36.1 Å². The Kier molecular flexibility index (Phi) is 6.10. The van der Waals surface area contributed by atoms with Gasteiger partial charge in [0.2, 0.25) is 10.0 Å². The molecule has 1 aromatic carbocycles. The molecule has 0 saturated heterocycles. The zero-order valence-corrected chi connectivity index (χ0v) is 14.1. The van der Waals surface area contributed by atoms with E-state index in [1.54, 1.807) is 0 Å². The van der Waals surface area contributed by atoms with Crippen LogP contribution in [0.25, 0.3) is 0 Å². The number of hydrogen-bond donors (Lipinski definition) is 2. The third-order valence-electron chi connectivity index (χ3n) is 3.72. The van der Waals surface area contributed by atoms with Crippen molar-refractivity contribution in [2.24, 2.45) is 5.73 Å². The molecule has 0 bridgehead atoms. The van der Waals surface area contributed by atoms with Gasteiger partial charge in [-0.25, -0.2) is 13.1 Å². The summed E-state index contributed by atoms with van der Waals surface area (Å²) in [6, 6.07) is 7.56.